The molecule has 0 aliphatic heterocycles. The molecule has 2 rings (SSSR count). The van der Waals surface area contributed by atoms with Crippen LogP contribution in [-0.4, -0.2) is 43.3 Å². The maximum atomic E-state index is 12.6. The number of rotatable bonds is 7. The summed E-state index contributed by atoms with van der Waals surface area (Å²) in [7, 11) is 4.74. The van der Waals surface area contributed by atoms with E-state index in [1.165, 1.54) is 22.7 Å². The lowest BCUT2D eigenvalue weighted by Crippen LogP contribution is -2.26. The lowest BCUT2D eigenvalue weighted by atomic mass is 10.1. The highest BCUT2D eigenvalue weighted by Gasteiger charge is 2.19. The normalized spacial score (nSPS) is 10.3. The Kier molecular flexibility index (Phi) is 6.46. The zero-order valence-electron chi connectivity index (χ0n) is 15.0. The molecule has 0 saturated heterocycles. The number of nitro groups is 1. The number of hydrogen-bond acceptors (Lipinski definition) is 6. The van der Waals surface area contributed by atoms with Gasteiger partial charge in [0.05, 0.1) is 24.0 Å². The van der Waals surface area contributed by atoms with Crippen molar-refractivity contribution < 1.29 is 19.2 Å². The highest BCUT2D eigenvalue weighted by Crippen LogP contribution is 2.30. The van der Waals surface area contributed by atoms with Gasteiger partial charge in [-0.3, -0.25) is 14.9 Å². The Morgan fingerprint density at radius 3 is 2.42 bits per heavy atom. The Morgan fingerprint density at radius 1 is 1.15 bits per heavy atom. The van der Waals surface area contributed by atoms with Crippen LogP contribution in [0.4, 0.5) is 5.69 Å². The van der Waals surface area contributed by atoms with Gasteiger partial charge in [-0.25, -0.2) is 0 Å². The van der Waals surface area contributed by atoms with Crippen molar-refractivity contribution in [3.63, 3.8) is 0 Å². The van der Waals surface area contributed by atoms with Crippen molar-refractivity contribution in [1.29, 1.82) is 0 Å². The van der Waals surface area contributed by atoms with Gasteiger partial charge in [0.25, 0.3) is 11.6 Å². The lowest BCUT2D eigenvalue weighted by Gasteiger charge is -2.18. The second-order valence-corrected chi connectivity index (χ2v) is 6.34. The van der Waals surface area contributed by atoms with Crippen molar-refractivity contribution in [2.24, 2.45) is 0 Å². The van der Waals surface area contributed by atoms with Gasteiger partial charge in [-0.15, -0.1) is 11.8 Å². The van der Waals surface area contributed by atoms with Gasteiger partial charge < -0.3 is 14.4 Å². The van der Waals surface area contributed by atoms with Crippen molar-refractivity contribution in [3.8, 4) is 11.5 Å². The fourth-order valence-corrected chi connectivity index (χ4v) is 3.06. The summed E-state index contributed by atoms with van der Waals surface area (Å²) < 4.78 is 10.5. The van der Waals surface area contributed by atoms with Gasteiger partial charge in [-0.1, -0.05) is 6.07 Å². The van der Waals surface area contributed by atoms with Crippen molar-refractivity contribution >= 4 is 23.4 Å². The highest BCUT2D eigenvalue weighted by molar-refractivity contribution is 7.98. The molecule has 26 heavy (non-hydrogen) atoms. The molecular formula is C18H20N2O5S. The first-order valence-corrected chi connectivity index (χ1v) is 8.92. The third kappa shape index (κ3) is 4.26. The number of carbonyl (C=O) groups is 1. The largest absolute Gasteiger partial charge is 0.493 e. The average molecular weight is 376 g/mol. The Labute approximate surface area is 156 Å². The molecule has 0 aliphatic rings. The number of nitrogens with zero attached hydrogens (tertiary/aromatic N) is 2. The Bertz CT molecular complexity index is 825. The summed E-state index contributed by atoms with van der Waals surface area (Å²) in [6.07, 6.45) is 1.76. The Balaban J connectivity index is 2.22. The lowest BCUT2D eigenvalue weighted by molar-refractivity contribution is -0.387. The molecule has 0 unspecified atom stereocenters. The summed E-state index contributed by atoms with van der Waals surface area (Å²) in [5, 5.41) is 11.2. The van der Waals surface area contributed by atoms with E-state index in [4.69, 9.17) is 9.47 Å². The zero-order valence-corrected chi connectivity index (χ0v) is 15.8. The molecule has 138 valence electrons. The van der Waals surface area contributed by atoms with Crippen LogP contribution in [0, 0.1) is 10.1 Å². The fourth-order valence-electron chi connectivity index (χ4n) is 2.51. The van der Waals surface area contributed by atoms with Crippen LogP contribution in [0.25, 0.3) is 0 Å². The second-order valence-electron chi connectivity index (χ2n) is 5.49. The standard InChI is InChI=1S/C18H20N2O5S/c1-19(11-12-5-7-15(24-2)16(9-12)25-3)18(21)13-6-8-17(26-4)14(10-13)20(22)23/h5-10H,11H2,1-4H3. The van der Waals surface area contributed by atoms with Crippen LogP contribution < -0.4 is 9.47 Å². The second kappa shape index (κ2) is 8.57. The molecule has 0 N–H and O–H groups in total. The molecule has 0 atom stereocenters. The first-order chi connectivity index (χ1) is 12.4. The van der Waals surface area contributed by atoms with Gasteiger partial charge >= 0.3 is 0 Å². The number of hydrogen-bond donors (Lipinski definition) is 0. The van der Waals surface area contributed by atoms with E-state index in [2.05, 4.69) is 0 Å². The van der Waals surface area contributed by atoms with E-state index in [0.29, 0.717) is 22.9 Å². The minimum Gasteiger partial charge on any atom is -0.493 e. The smallest absolute Gasteiger partial charge is 0.283 e. The van der Waals surface area contributed by atoms with Crippen LogP contribution >= 0.6 is 11.8 Å². The first kappa shape index (κ1) is 19.6. The van der Waals surface area contributed by atoms with E-state index >= 15 is 0 Å². The van der Waals surface area contributed by atoms with Gasteiger partial charge in [0.2, 0.25) is 0 Å². The number of thioether (sulfide) groups is 1. The number of benzene rings is 2. The van der Waals surface area contributed by atoms with Crippen molar-refractivity contribution in [2.45, 2.75) is 11.4 Å². The van der Waals surface area contributed by atoms with Crippen LogP contribution in [0.15, 0.2) is 41.3 Å². The van der Waals surface area contributed by atoms with Crippen molar-refractivity contribution in [2.75, 3.05) is 27.5 Å². The van der Waals surface area contributed by atoms with Crippen LogP contribution in [0.1, 0.15) is 15.9 Å². The summed E-state index contributed by atoms with van der Waals surface area (Å²) in [5.41, 5.74) is 1.06. The SMILES string of the molecule is COc1ccc(CN(C)C(=O)c2ccc(SC)c([N+](=O)[O-])c2)cc1OC. The van der Waals surface area contributed by atoms with Crippen LogP contribution in [0.2, 0.25) is 0 Å². The minimum atomic E-state index is -0.475. The van der Waals surface area contributed by atoms with Crippen molar-refractivity contribution in [3.05, 3.63) is 57.6 Å². The third-order valence-corrected chi connectivity index (χ3v) is 4.62. The summed E-state index contributed by atoms with van der Waals surface area (Å²) >= 11 is 1.27. The molecule has 0 aromatic heterocycles. The number of ether oxygens (including phenoxy) is 2. The Morgan fingerprint density at radius 2 is 1.85 bits per heavy atom. The molecule has 2 aromatic rings. The highest BCUT2D eigenvalue weighted by atomic mass is 32.2. The van der Waals surface area contributed by atoms with Gasteiger partial charge in [-0.2, -0.15) is 0 Å². The van der Waals surface area contributed by atoms with E-state index in [0.717, 1.165) is 5.56 Å². The fraction of sp³-hybridized carbons (Fsp3) is 0.278. The van der Waals surface area contributed by atoms with E-state index in [1.54, 1.807) is 51.8 Å². The third-order valence-electron chi connectivity index (χ3n) is 3.84. The number of amides is 1. The van der Waals surface area contributed by atoms with E-state index in [1.807, 2.05) is 6.07 Å². The summed E-state index contributed by atoms with van der Waals surface area (Å²) in [6, 6.07) is 9.92. The van der Waals surface area contributed by atoms with E-state index in [-0.39, 0.29) is 17.2 Å². The molecule has 2 aromatic carbocycles. The maximum absolute atomic E-state index is 12.6. The molecule has 8 heteroatoms. The maximum Gasteiger partial charge on any atom is 0.283 e. The summed E-state index contributed by atoms with van der Waals surface area (Å²) in [4.78, 5) is 25.4. The summed E-state index contributed by atoms with van der Waals surface area (Å²) in [5.74, 6) is 0.884. The molecule has 7 nitrogen and oxygen atoms in total. The van der Waals surface area contributed by atoms with Gasteiger partial charge in [0.1, 0.15) is 0 Å². The summed E-state index contributed by atoms with van der Waals surface area (Å²) in [6.45, 7) is 0.331. The quantitative estimate of drug-likeness (QED) is 0.417. The molecule has 0 heterocycles. The topological polar surface area (TPSA) is 81.9 Å². The molecule has 0 fully saturated rings. The van der Waals surface area contributed by atoms with Crippen LogP contribution in [0.5, 0.6) is 11.5 Å². The van der Waals surface area contributed by atoms with Gasteiger partial charge in [0.15, 0.2) is 11.5 Å². The molecular weight excluding hydrogens is 356 g/mol. The zero-order chi connectivity index (χ0) is 19.3. The monoisotopic (exact) mass is 376 g/mol. The number of methoxy groups -OCH3 is 2. The molecule has 0 aliphatic carbocycles. The predicted octanol–water partition coefficient (Wildman–Crippen LogP) is 3.61. The van der Waals surface area contributed by atoms with Crippen LogP contribution in [-0.2, 0) is 6.54 Å². The molecule has 1 amide bonds. The predicted molar refractivity (Wildman–Crippen MR) is 100 cm³/mol. The van der Waals surface area contributed by atoms with Gasteiger partial charge in [-0.05, 0) is 36.1 Å². The molecule has 0 bridgehead atoms. The van der Waals surface area contributed by atoms with Crippen molar-refractivity contribution in [1.82, 2.24) is 4.90 Å². The molecule has 0 spiro atoms. The first-order valence-electron chi connectivity index (χ1n) is 7.70. The van der Waals surface area contributed by atoms with E-state index in [9.17, 15) is 14.9 Å². The number of carbonyl (C=O) groups excluding carboxylic acids is 1. The number of nitro benzene ring substituents is 1. The average Bonchev–Trinajstić information content (AvgIpc) is 2.66. The van der Waals surface area contributed by atoms with Crippen LogP contribution in [0.3, 0.4) is 0 Å². The Hall–Kier alpha value is -2.74. The minimum absolute atomic E-state index is 0.0668. The van der Waals surface area contributed by atoms with Gasteiger partial charge in [0, 0.05) is 25.2 Å². The molecule has 0 saturated carbocycles. The molecule has 0 radical (unpaired) electrons. The van der Waals surface area contributed by atoms with E-state index < -0.39 is 4.92 Å².